The summed E-state index contributed by atoms with van der Waals surface area (Å²) in [6.07, 6.45) is 4.88. The average molecular weight is 329 g/mol. The highest BCUT2D eigenvalue weighted by molar-refractivity contribution is 7.91. The molecule has 1 aromatic heterocycles. The van der Waals surface area contributed by atoms with Crippen LogP contribution in [0.5, 0.6) is 0 Å². The van der Waals surface area contributed by atoms with Crippen LogP contribution in [0.3, 0.4) is 0 Å². The van der Waals surface area contributed by atoms with Crippen molar-refractivity contribution in [2.24, 2.45) is 17.8 Å². The van der Waals surface area contributed by atoms with Crippen LogP contribution in [-0.4, -0.2) is 26.0 Å². The molecule has 3 unspecified atom stereocenters. The number of nitrogens with one attached hydrogen (secondary N) is 1. The van der Waals surface area contributed by atoms with E-state index in [4.69, 9.17) is 5.11 Å². The lowest BCUT2D eigenvalue weighted by Crippen LogP contribution is -2.31. The van der Waals surface area contributed by atoms with Crippen molar-refractivity contribution < 1.29 is 18.3 Å². The molecular formula is C14H19NO4S2. The van der Waals surface area contributed by atoms with Crippen molar-refractivity contribution in [1.82, 2.24) is 4.72 Å². The Hall–Kier alpha value is -0.920. The molecule has 0 aliphatic heterocycles. The lowest BCUT2D eigenvalue weighted by molar-refractivity contribution is 0.0701. The Morgan fingerprint density at radius 1 is 1.43 bits per heavy atom. The first-order chi connectivity index (χ1) is 9.87. The van der Waals surface area contributed by atoms with E-state index in [2.05, 4.69) is 4.72 Å². The van der Waals surface area contributed by atoms with Crippen molar-refractivity contribution in [2.45, 2.75) is 36.8 Å². The Morgan fingerprint density at radius 2 is 2.19 bits per heavy atom. The Morgan fingerprint density at radius 3 is 2.71 bits per heavy atom. The minimum atomic E-state index is -3.59. The van der Waals surface area contributed by atoms with Crippen molar-refractivity contribution in [1.29, 1.82) is 0 Å². The van der Waals surface area contributed by atoms with E-state index in [1.807, 2.05) is 0 Å². The van der Waals surface area contributed by atoms with Gasteiger partial charge in [-0.2, -0.15) is 0 Å². The van der Waals surface area contributed by atoms with E-state index in [1.165, 1.54) is 25.3 Å². The number of sulfonamides is 1. The highest BCUT2D eigenvalue weighted by Crippen LogP contribution is 2.48. The molecule has 1 heterocycles. The van der Waals surface area contributed by atoms with E-state index in [0.29, 0.717) is 23.9 Å². The first-order valence-corrected chi connectivity index (χ1v) is 9.50. The molecule has 0 amide bonds. The van der Waals surface area contributed by atoms with Crippen LogP contribution in [0.15, 0.2) is 10.3 Å². The highest BCUT2D eigenvalue weighted by atomic mass is 32.2. The van der Waals surface area contributed by atoms with Crippen LogP contribution in [0.1, 0.15) is 40.9 Å². The molecule has 0 radical (unpaired) electrons. The normalized spacial score (nSPS) is 28.1. The third-order valence-corrected chi connectivity index (χ3v) is 7.90. The van der Waals surface area contributed by atoms with Gasteiger partial charge < -0.3 is 5.11 Å². The molecule has 21 heavy (non-hydrogen) atoms. The molecule has 0 spiro atoms. The first kappa shape index (κ1) is 15.0. The molecule has 2 aliphatic carbocycles. The molecule has 2 aliphatic rings. The molecule has 2 bridgehead atoms. The number of aromatic carboxylic acids is 1. The zero-order chi connectivity index (χ0) is 15.2. The number of hydrogen-bond donors (Lipinski definition) is 2. The van der Waals surface area contributed by atoms with Crippen molar-refractivity contribution >= 4 is 27.3 Å². The summed E-state index contributed by atoms with van der Waals surface area (Å²) >= 11 is 0.822. The van der Waals surface area contributed by atoms with Crippen LogP contribution in [0.4, 0.5) is 0 Å². The van der Waals surface area contributed by atoms with Gasteiger partial charge in [-0.1, -0.05) is 6.42 Å². The minimum Gasteiger partial charge on any atom is -0.477 e. The lowest BCUT2D eigenvalue weighted by Gasteiger charge is -2.21. The second kappa shape index (κ2) is 5.37. The summed E-state index contributed by atoms with van der Waals surface area (Å²) in [6, 6.07) is 1.44. The fourth-order valence-corrected chi connectivity index (χ4v) is 6.23. The van der Waals surface area contributed by atoms with Gasteiger partial charge in [0.25, 0.3) is 0 Å². The van der Waals surface area contributed by atoms with Gasteiger partial charge >= 0.3 is 5.97 Å². The monoisotopic (exact) mass is 329 g/mol. The van der Waals surface area contributed by atoms with Crippen molar-refractivity contribution in [3.05, 3.63) is 16.5 Å². The standard InChI is InChI=1S/C14H19NO4S2/c1-8-4-12(20-13(8)14(16)17)21(18,19)15-7-11-6-9-2-3-10(11)5-9/h4,9-11,15H,2-3,5-7H2,1H3,(H,16,17). The highest BCUT2D eigenvalue weighted by Gasteiger charge is 2.39. The quantitative estimate of drug-likeness (QED) is 0.869. The summed E-state index contributed by atoms with van der Waals surface area (Å²) in [5, 5.41) is 9.01. The van der Waals surface area contributed by atoms with E-state index in [0.717, 1.165) is 23.7 Å². The molecule has 0 aromatic carbocycles. The molecule has 2 fully saturated rings. The largest absolute Gasteiger partial charge is 0.477 e. The van der Waals surface area contributed by atoms with Gasteiger partial charge in [-0.05, 0) is 55.6 Å². The maximum Gasteiger partial charge on any atom is 0.346 e. The van der Waals surface area contributed by atoms with Gasteiger partial charge in [-0.25, -0.2) is 17.9 Å². The van der Waals surface area contributed by atoms with Gasteiger partial charge in [0.05, 0.1) is 0 Å². The molecule has 7 heteroatoms. The van der Waals surface area contributed by atoms with Gasteiger partial charge in [0, 0.05) is 6.54 Å². The Bertz CT molecular complexity index is 665. The summed E-state index contributed by atoms with van der Waals surface area (Å²) in [6.45, 7) is 2.09. The van der Waals surface area contributed by atoms with Gasteiger partial charge in [0.2, 0.25) is 10.0 Å². The molecule has 116 valence electrons. The third-order valence-electron chi connectivity index (χ3n) is 4.77. The Kier molecular flexibility index (Phi) is 3.83. The second-order valence-corrected chi connectivity index (χ2v) is 9.22. The molecule has 0 saturated heterocycles. The lowest BCUT2D eigenvalue weighted by atomic mass is 9.89. The van der Waals surface area contributed by atoms with Crippen LogP contribution in [0.25, 0.3) is 0 Å². The van der Waals surface area contributed by atoms with Crippen LogP contribution >= 0.6 is 11.3 Å². The van der Waals surface area contributed by atoms with E-state index >= 15 is 0 Å². The van der Waals surface area contributed by atoms with Crippen LogP contribution < -0.4 is 4.72 Å². The van der Waals surface area contributed by atoms with Crippen molar-refractivity contribution in [2.75, 3.05) is 6.54 Å². The number of carboxylic acids is 1. The van der Waals surface area contributed by atoms with Crippen LogP contribution in [0, 0.1) is 24.7 Å². The summed E-state index contributed by atoms with van der Waals surface area (Å²) in [5.41, 5.74) is 0.493. The number of aryl methyl sites for hydroxylation is 1. The van der Waals surface area contributed by atoms with E-state index < -0.39 is 16.0 Å². The molecule has 2 N–H and O–H groups in total. The molecule has 5 nitrogen and oxygen atoms in total. The number of carbonyl (C=O) groups is 1. The number of thiophene rings is 1. The van der Waals surface area contributed by atoms with Crippen LogP contribution in [-0.2, 0) is 10.0 Å². The molecule has 1 aromatic rings. The summed E-state index contributed by atoms with van der Waals surface area (Å²) in [4.78, 5) is 11.1. The van der Waals surface area contributed by atoms with Gasteiger partial charge in [0.15, 0.2) is 0 Å². The Balaban J connectivity index is 1.69. The first-order valence-electron chi connectivity index (χ1n) is 7.20. The molecular weight excluding hydrogens is 310 g/mol. The number of rotatable bonds is 5. The average Bonchev–Trinajstić information content (AvgIpc) is 3.10. The molecule has 3 atom stereocenters. The summed E-state index contributed by atoms with van der Waals surface area (Å²) in [7, 11) is -3.59. The maximum atomic E-state index is 12.3. The smallest absolute Gasteiger partial charge is 0.346 e. The fraction of sp³-hybridized carbons (Fsp3) is 0.643. The molecule has 3 rings (SSSR count). The van der Waals surface area contributed by atoms with E-state index in [-0.39, 0.29) is 9.09 Å². The van der Waals surface area contributed by atoms with Gasteiger partial charge in [-0.15, -0.1) is 11.3 Å². The number of hydrogen-bond acceptors (Lipinski definition) is 4. The SMILES string of the molecule is Cc1cc(S(=O)(=O)NCC2CC3CCC2C3)sc1C(=O)O. The predicted octanol–water partition coefficient (Wildman–Crippen LogP) is 2.47. The van der Waals surface area contributed by atoms with Crippen molar-refractivity contribution in [3.63, 3.8) is 0 Å². The van der Waals surface area contributed by atoms with Crippen molar-refractivity contribution in [3.8, 4) is 0 Å². The summed E-state index contributed by atoms with van der Waals surface area (Å²) in [5.74, 6) is 0.815. The zero-order valence-corrected chi connectivity index (χ0v) is 13.5. The topological polar surface area (TPSA) is 83.5 Å². The fourth-order valence-electron chi connectivity index (χ4n) is 3.71. The summed E-state index contributed by atoms with van der Waals surface area (Å²) < 4.78 is 27.3. The van der Waals surface area contributed by atoms with E-state index in [1.54, 1.807) is 6.92 Å². The van der Waals surface area contributed by atoms with Gasteiger partial charge in [-0.3, -0.25) is 0 Å². The number of fused-ring (bicyclic) bond motifs is 2. The minimum absolute atomic E-state index is 0.0929. The van der Waals surface area contributed by atoms with E-state index in [9.17, 15) is 13.2 Å². The van der Waals surface area contributed by atoms with Gasteiger partial charge in [0.1, 0.15) is 9.09 Å². The predicted molar refractivity (Wildman–Crippen MR) is 80.1 cm³/mol. The zero-order valence-electron chi connectivity index (χ0n) is 11.8. The maximum absolute atomic E-state index is 12.3. The second-order valence-electron chi connectivity index (χ2n) is 6.17. The Labute approximate surface area is 128 Å². The van der Waals surface area contributed by atoms with Crippen LogP contribution in [0.2, 0.25) is 0 Å². The molecule has 2 saturated carbocycles. The number of carboxylic acid groups (broad SMARTS) is 1. The third kappa shape index (κ3) is 2.86.